The lowest BCUT2D eigenvalue weighted by atomic mass is 9.36. The molecule has 0 bridgehead atoms. The van der Waals surface area contributed by atoms with E-state index in [4.69, 9.17) is 23.4 Å². The highest BCUT2D eigenvalue weighted by Gasteiger charge is 2.91. The molecule has 0 radical (unpaired) electrons. The number of Topliss-reactive ketones (excluding diaryl/α,β-unsaturated/α-hetero) is 1. The monoisotopic (exact) mass is 716 g/mol. The molecule has 4 aliphatic heterocycles. The average molecular weight is 717 g/mol. The SMILES string of the molecule is CC(C)CCC1(C)OC2CC(=O)OCC23C1C(=O)C(O)C1(C)C3CCC2(C)C(c3ccoc3CC(CCCCCO)C(O)CO)OC(=O)C3OC321. The minimum absolute atomic E-state index is 0.00123. The predicted molar refractivity (Wildman–Crippen MR) is 180 cm³/mol. The minimum atomic E-state index is -1.47. The smallest absolute Gasteiger partial charge is 0.339 e. The Morgan fingerprint density at radius 1 is 1.00 bits per heavy atom. The van der Waals surface area contributed by atoms with Crippen LogP contribution in [-0.2, 0) is 39.8 Å². The van der Waals surface area contributed by atoms with E-state index in [1.165, 1.54) is 6.26 Å². The lowest BCUT2D eigenvalue weighted by molar-refractivity contribution is -0.252. The van der Waals surface area contributed by atoms with Gasteiger partial charge >= 0.3 is 11.9 Å². The predicted octanol–water partition coefficient (Wildman–Crippen LogP) is 3.59. The summed E-state index contributed by atoms with van der Waals surface area (Å²) in [6, 6.07) is 1.77. The van der Waals surface area contributed by atoms with Crippen molar-refractivity contribution in [1.29, 1.82) is 0 Å². The summed E-state index contributed by atoms with van der Waals surface area (Å²) in [4.78, 5) is 41.6. The van der Waals surface area contributed by atoms with Gasteiger partial charge < -0.3 is 43.8 Å². The third-order valence-electron chi connectivity index (χ3n) is 14.4. The number of fused-ring (bicyclic) bond motifs is 1. The van der Waals surface area contributed by atoms with Crippen LogP contribution < -0.4 is 0 Å². The van der Waals surface area contributed by atoms with Crippen molar-refractivity contribution in [3.63, 3.8) is 0 Å². The number of furan rings is 1. The number of hydrogen-bond donors (Lipinski definition) is 4. The van der Waals surface area contributed by atoms with Crippen molar-refractivity contribution in [2.75, 3.05) is 19.8 Å². The normalized spacial score (nSPS) is 43.7. The van der Waals surface area contributed by atoms with E-state index in [1.54, 1.807) is 6.07 Å². The Labute approximate surface area is 299 Å². The molecule has 7 rings (SSSR count). The lowest BCUT2D eigenvalue weighted by Gasteiger charge is -2.66. The van der Waals surface area contributed by atoms with E-state index in [0.29, 0.717) is 49.3 Å². The number of aliphatic hydroxyl groups excluding tert-OH is 4. The first-order chi connectivity index (χ1) is 24.2. The molecule has 12 heteroatoms. The maximum absolute atomic E-state index is 14.9. The van der Waals surface area contributed by atoms with Gasteiger partial charge in [-0.2, -0.15) is 0 Å². The van der Waals surface area contributed by atoms with Gasteiger partial charge in [-0.3, -0.25) is 9.59 Å². The molecule has 0 amide bonds. The maximum atomic E-state index is 14.9. The molecule has 2 aliphatic carbocycles. The van der Waals surface area contributed by atoms with Crippen LogP contribution in [0.5, 0.6) is 0 Å². The molecule has 12 nitrogen and oxygen atoms in total. The summed E-state index contributed by atoms with van der Waals surface area (Å²) in [6.45, 7) is 9.74. The van der Waals surface area contributed by atoms with Gasteiger partial charge in [0, 0.05) is 34.8 Å². The fourth-order valence-corrected chi connectivity index (χ4v) is 11.9. The summed E-state index contributed by atoms with van der Waals surface area (Å²) in [5.74, 6) is -1.83. The molecule has 1 aromatic heterocycles. The van der Waals surface area contributed by atoms with Crippen molar-refractivity contribution in [2.24, 2.45) is 39.9 Å². The van der Waals surface area contributed by atoms with Crippen LogP contribution in [0.1, 0.15) is 110 Å². The number of cyclic esters (lactones) is 2. The van der Waals surface area contributed by atoms with Crippen molar-refractivity contribution in [2.45, 2.75) is 141 Å². The van der Waals surface area contributed by atoms with Crippen LogP contribution in [0, 0.1) is 39.9 Å². The number of unbranched alkanes of at least 4 members (excludes halogenated alkanes) is 2. The molecule has 0 aromatic carbocycles. The minimum Gasteiger partial charge on any atom is -0.469 e. The molecular formula is C39H56O12. The molecule has 4 N–H and O–H groups in total. The summed E-state index contributed by atoms with van der Waals surface area (Å²) < 4.78 is 31.5. The highest BCUT2D eigenvalue weighted by molar-refractivity contribution is 5.92. The third-order valence-corrected chi connectivity index (χ3v) is 14.4. The quantitative estimate of drug-likeness (QED) is 0.132. The molecule has 51 heavy (non-hydrogen) atoms. The van der Waals surface area contributed by atoms with Gasteiger partial charge in [0.15, 0.2) is 11.9 Å². The van der Waals surface area contributed by atoms with Crippen molar-refractivity contribution in [3.05, 3.63) is 23.7 Å². The molecular weight excluding hydrogens is 660 g/mol. The zero-order valence-corrected chi connectivity index (χ0v) is 30.6. The first-order valence-corrected chi connectivity index (χ1v) is 19.1. The Bertz CT molecular complexity index is 1520. The van der Waals surface area contributed by atoms with E-state index in [-0.39, 0.29) is 49.6 Å². The van der Waals surface area contributed by atoms with Crippen LogP contribution in [0.3, 0.4) is 0 Å². The molecule has 284 valence electrons. The van der Waals surface area contributed by atoms with E-state index in [1.807, 2.05) is 20.8 Å². The van der Waals surface area contributed by atoms with Crippen molar-refractivity contribution < 1.29 is 58.2 Å². The van der Waals surface area contributed by atoms with Crippen LogP contribution >= 0.6 is 0 Å². The van der Waals surface area contributed by atoms with Crippen molar-refractivity contribution in [3.8, 4) is 0 Å². The van der Waals surface area contributed by atoms with E-state index in [0.717, 1.165) is 19.3 Å². The highest BCUT2D eigenvalue weighted by Crippen LogP contribution is 2.80. The first-order valence-electron chi connectivity index (χ1n) is 19.1. The molecule has 2 spiro atoms. The second-order valence-electron chi connectivity index (χ2n) is 17.5. The highest BCUT2D eigenvalue weighted by atomic mass is 16.7. The van der Waals surface area contributed by atoms with Gasteiger partial charge in [0.1, 0.15) is 30.2 Å². The molecule has 1 aromatic rings. The number of carbonyl (C=O) groups excluding carboxylic acids is 3. The number of ketones is 1. The molecule has 13 unspecified atom stereocenters. The maximum Gasteiger partial charge on any atom is 0.339 e. The summed E-state index contributed by atoms with van der Waals surface area (Å²) >= 11 is 0. The number of rotatable bonds is 13. The van der Waals surface area contributed by atoms with Crippen LogP contribution in [0.4, 0.5) is 0 Å². The van der Waals surface area contributed by atoms with Crippen LogP contribution in [0.2, 0.25) is 0 Å². The van der Waals surface area contributed by atoms with E-state index in [2.05, 4.69) is 13.8 Å². The number of esters is 2. The van der Waals surface area contributed by atoms with E-state index >= 15 is 0 Å². The number of aliphatic hydroxyl groups is 4. The van der Waals surface area contributed by atoms with Crippen molar-refractivity contribution >= 4 is 17.7 Å². The second kappa shape index (κ2) is 12.9. The Morgan fingerprint density at radius 2 is 1.76 bits per heavy atom. The molecule has 6 fully saturated rings. The van der Waals surface area contributed by atoms with E-state index in [9.17, 15) is 34.8 Å². The van der Waals surface area contributed by atoms with Crippen LogP contribution in [-0.4, -0.2) is 93.6 Å². The number of ether oxygens (including phenoxy) is 4. The average Bonchev–Trinajstić information content (AvgIpc) is 3.64. The fraction of sp³-hybridized carbons (Fsp3) is 0.821. The van der Waals surface area contributed by atoms with Gasteiger partial charge in [0.25, 0.3) is 0 Å². The van der Waals surface area contributed by atoms with Gasteiger partial charge in [0.2, 0.25) is 0 Å². The largest absolute Gasteiger partial charge is 0.469 e. The Kier molecular flexibility index (Phi) is 9.36. The number of hydrogen-bond acceptors (Lipinski definition) is 12. The third kappa shape index (κ3) is 5.09. The molecule has 2 saturated carbocycles. The topological polar surface area (TPSA) is 185 Å². The lowest BCUT2D eigenvalue weighted by Crippen LogP contribution is -2.76. The number of epoxide rings is 1. The van der Waals surface area contributed by atoms with Crippen LogP contribution in [0.15, 0.2) is 16.7 Å². The standard InChI is InChI=1S/C39H56O12/c1-21(2)10-14-36(4)30-29(44)31(45)37(5)26(38(30)20-48-28(43)18-27(38)50-36)11-13-35(3)32(49-34(46)33-39(35,37)51-33)23-12-16-47-25(23)17-22(24(42)19-41)9-7-6-8-15-40/h12,16,21-22,24,26-27,30-33,40-42,45H,6-11,13-15,17-20H2,1-5H3. The van der Waals surface area contributed by atoms with Gasteiger partial charge in [0.05, 0.1) is 43.0 Å². The second-order valence-corrected chi connectivity index (χ2v) is 17.5. The van der Waals surface area contributed by atoms with Gasteiger partial charge in [-0.15, -0.1) is 0 Å². The summed E-state index contributed by atoms with van der Waals surface area (Å²) in [6.07, 6.45) is 2.19. The summed E-state index contributed by atoms with van der Waals surface area (Å²) in [5.41, 5.74) is -4.60. The van der Waals surface area contributed by atoms with Crippen LogP contribution in [0.25, 0.3) is 0 Å². The Morgan fingerprint density at radius 3 is 2.47 bits per heavy atom. The molecule has 5 heterocycles. The number of carbonyl (C=O) groups is 3. The Balaban J connectivity index is 1.27. The summed E-state index contributed by atoms with van der Waals surface area (Å²) in [7, 11) is 0. The Hall–Kier alpha value is -2.35. The zero-order chi connectivity index (χ0) is 36.7. The molecule has 6 aliphatic rings. The molecule has 4 saturated heterocycles. The van der Waals surface area contributed by atoms with Crippen molar-refractivity contribution in [1.82, 2.24) is 0 Å². The van der Waals surface area contributed by atoms with Gasteiger partial charge in [-0.1, -0.05) is 40.5 Å². The zero-order valence-electron chi connectivity index (χ0n) is 30.6. The van der Waals surface area contributed by atoms with E-state index < -0.39 is 76.5 Å². The van der Waals surface area contributed by atoms with Gasteiger partial charge in [-0.05, 0) is 69.3 Å². The fourth-order valence-electron chi connectivity index (χ4n) is 11.9. The van der Waals surface area contributed by atoms with Gasteiger partial charge in [-0.25, -0.2) is 4.79 Å². The molecule has 13 atom stereocenters. The summed E-state index contributed by atoms with van der Waals surface area (Å²) in [5, 5.41) is 42.3. The first kappa shape index (κ1) is 37.0.